The van der Waals surface area contributed by atoms with Gasteiger partial charge in [0, 0.05) is 42.4 Å². The van der Waals surface area contributed by atoms with E-state index in [0.717, 1.165) is 50.9 Å². The van der Waals surface area contributed by atoms with Crippen LogP contribution in [0.5, 0.6) is 5.75 Å². The molecule has 0 unspecified atom stereocenters. The number of hydrogen-bond acceptors (Lipinski definition) is 5. The zero-order chi connectivity index (χ0) is 17.2. The molecule has 1 heterocycles. The van der Waals surface area contributed by atoms with Gasteiger partial charge in [-0.25, -0.2) is 0 Å². The second-order valence-electron chi connectivity index (χ2n) is 5.88. The number of hydrogen-bond donors (Lipinski definition) is 2. The van der Waals surface area contributed by atoms with Crippen molar-refractivity contribution in [2.75, 3.05) is 38.7 Å². The Bertz CT molecular complexity index is 596. The van der Waals surface area contributed by atoms with Crippen LogP contribution in [-0.2, 0) is 17.8 Å². The van der Waals surface area contributed by atoms with Gasteiger partial charge in [-0.2, -0.15) is 0 Å². The first kappa shape index (κ1) is 18.3. The lowest BCUT2D eigenvalue weighted by atomic mass is 10.2. The summed E-state index contributed by atoms with van der Waals surface area (Å²) in [5.41, 5.74) is 2.53. The minimum atomic E-state index is 0.701. The standard InChI is InChI=1S/C20H26N2O2S/c1-3-7-19-17(5-1)15-21-9-11-23-12-10-22-16-18-6-2-4-8-20(18)25-14-13-24-19/h1-8,21-22H,9-16H2. The van der Waals surface area contributed by atoms with Crippen LogP contribution >= 0.6 is 11.8 Å². The molecule has 0 amide bonds. The molecule has 5 heteroatoms. The van der Waals surface area contributed by atoms with Gasteiger partial charge in [-0.1, -0.05) is 36.4 Å². The molecule has 2 N–H and O–H groups in total. The summed E-state index contributed by atoms with van der Waals surface area (Å²) in [7, 11) is 0. The van der Waals surface area contributed by atoms with Gasteiger partial charge in [0.05, 0.1) is 19.8 Å². The molecule has 0 spiro atoms. The topological polar surface area (TPSA) is 42.5 Å². The lowest BCUT2D eigenvalue weighted by Crippen LogP contribution is -2.23. The molecule has 0 fully saturated rings. The van der Waals surface area contributed by atoms with Gasteiger partial charge in [-0.15, -0.1) is 11.8 Å². The summed E-state index contributed by atoms with van der Waals surface area (Å²) in [4.78, 5) is 1.32. The molecule has 25 heavy (non-hydrogen) atoms. The van der Waals surface area contributed by atoms with Crippen molar-refractivity contribution < 1.29 is 9.47 Å². The minimum absolute atomic E-state index is 0.701. The predicted octanol–water partition coefficient (Wildman–Crippen LogP) is 3.07. The summed E-state index contributed by atoms with van der Waals surface area (Å²) < 4.78 is 11.7. The third-order valence-electron chi connectivity index (χ3n) is 4.02. The molecule has 0 saturated heterocycles. The van der Waals surface area contributed by atoms with E-state index in [1.54, 1.807) is 0 Å². The average Bonchev–Trinajstić information content (AvgIpc) is 2.65. The fourth-order valence-electron chi connectivity index (χ4n) is 2.72. The molecule has 134 valence electrons. The van der Waals surface area contributed by atoms with Gasteiger partial charge < -0.3 is 20.1 Å². The zero-order valence-corrected chi connectivity index (χ0v) is 15.3. The highest BCUT2D eigenvalue weighted by Gasteiger charge is 2.05. The first-order chi connectivity index (χ1) is 12.4. The number of ether oxygens (including phenoxy) is 2. The van der Waals surface area contributed by atoms with Gasteiger partial charge in [0.1, 0.15) is 5.75 Å². The van der Waals surface area contributed by atoms with Crippen molar-refractivity contribution in [3.8, 4) is 5.75 Å². The molecule has 3 rings (SSSR count). The number of nitrogens with one attached hydrogen (secondary N) is 2. The zero-order valence-electron chi connectivity index (χ0n) is 14.5. The summed E-state index contributed by atoms with van der Waals surface area (Å²) in [5, 5.41) is 6.88. The number of thioether (sulfide) groups is 1. The van der Waals surface area contributed by atoms with E-state index < -0.39 is 0 Å². The largest absolute Gasteiger partial charge is 0.492 e. The Hall–Kier alpha value is -1.53. The quantitative estimate of drug-likeness (QED) is 0.758. The van der Waals surface area contributed by atoms with Crippen LogP contribution in [0, 0.1) is 0 Å². The highest BCUT2D eigenvalue weighted by Crippen LogP contribution is 2.23. The van der Waals surface area contributed by atoms with E-state index >= 15 is 0 Å². The van der Waals surface area contributed by atoms with Crippen molar-refractivity contribution in [3.05, 3.63) is 59.7 Å². The Labute approximate surface area is 154 Å². The Morgan fingerprint density at radius 2 is 1.44 bits per heavy atom. The molecule has 0 saturated carbocycles. The summed E-state index contributed by atoms with van der Waals surface area (Å²) in [6.07, 6.45) is 0. The Morgan fingerprint density at radius 3 is 2.28 bits per heavy atom. The van der Waals surface area contributed by atoms with Crippen LogP contribution in [0.2, 0.25) is 0 Å². The van der Waals surface area contributed by atoms with E-state index in [1.807, 2.05) is 23.9 Å². The molecule has 2 aromatic rings. The Balaban J connectivity index is 1.64. The lowest BCUT2D eigenvalue weighted by molar-refractivity contribution is 0.137. The first-order valence-electron chi connectivity index (χ1n) is 8.84. The van der Waals surface area contributed by atoms with E-state index in [1.165, 1.54) is 16.0 Å². The van der Waals surface area contributed by atoms with E-state index in [9.17, 15) is 0 Å². The van der Waals surface area contributed by atoms with Gasteiger partial charge in [0.25, 0.3) is 0 Å². The average molecular weight is 359 g/mol. The van der Waals surface area contributed by atoms with Gasteiger partial charge in [0.2, 0.25) is 0 Å². The van der Waals surface area contributed by atoms with Crippen molar-refractivity contribution in [3.63, 3.8) is 0 Å². The minimum Gasteiger partial charge on any atom is -0.492 e. The molecular weight excluding hydrogens is 332 g/mol. The highest BCUT2D eigenvalue weighted by atomic mass is 32.2. The summed E-state index contributed by atoms with van der Waals surface area (Å²) in [5.74, 6) is 1.90. The Kier molecular flexibility index (Phi) is 7.64. The molecule has 4 nitrogen and oxygen atoms in total. The second-order valence-corrected chi connectivity index (χ2v) is 7.02. The maximum Gasteiger partial charge on any atom is 0.123 e. The van der Waals surface area contributed by atoms with E-state index in [-0.39, 0.29) is 0 Å². The molecule has 0 bridgehead atoms. The summed E-state index contributed by atoms with van der Waals surface area (Å²) in [6.45, 7) is 5.53. The molecule has 1 aliphatic heterocycles. The molecular formula is C20H26N2O2S. The van der Waals surface area contributed by atoms with Crippen molar-refractivity contribution in [2.24, 2.45) is 0 Å². The van der Waals surface area contributed by atoms with Crippen molar-refractivity contribution in [2.45, 2.75) is 18.0 Å². The van der Waals surface area contributed by atoms with Crippen molar-refractivity contribution in [1.29, 1.82) is 0 Å². The van der Waals surface area contributed by atoms with Crippen molar-refractivity contribution >= 4 is 11.8 Å². The smallest absolute Gasteiger partial charge is 0.123 e. The SMILES string of the molecule is c1ccc2c(c1)CNCCOCCNCc1ccccc1SCCO2. The van der Waals surface area contributed by atoms with Crippen LogP contribution in [0.3, 0.4) is 0 Å². The van der Waals surface area contributed by atoms with Crippen molar-refractivity contribution in [1.82, 2.24) is 10.6 Å². The molecule has 0 aromatic heterocycles. The summed E-state index contributed by atoms with van der Waals surface area (Å²) >= 11 is 1.85. The molecule has 1 aliphatic rings. The fourth-order valence-corrected chi connectivity index (χ4v) is 3.61. The van der Waals surface area contributed by atoms with Crippen LogP contribution < -0.4 is 15.4 Å². The van der Waals surface area contributed by atoms with Crippen LogP contribution in [0.15, 0.2) is 53.4 Å². The van der Waals surface area contributed by atoms with Gasteiger partial charge >= 0.3 is 0 Å². The third-order valence-corrected chi connectivity index (χ3v) is 5.10. The maximum absolute atomic E-state index is 6.02. The van der Waals surface area contributed by atoms with Crippen LogP contribution in [0.4, 0.5) is 0 Å². The summed E-state index contributed by atoms with van der Waals surface area (Å²) in [6, 6.07) is 16.8. The molecule has 0 atom stereocenters. The first-order valence-corrected chi connectivity index (χ1v) is 9.82. The van der Waals surface area contributed by atoms with Gasteiger partial charge in [0.15, 0.2) is 0 Å². The third kappa shape index (κ3) is 6.04. The van der Waals surface area contributed by atoms with E-state index in [4.69, 9.17) is 9.47 Å². The molecule has 0 aliphatic carbocycles. The predicted molar refractivity (Wildman–Crippen MR) is 103 cm³/mol. The number of para-hydroxylation sites is 1. The van der Waals surface area contributed by atoms with Crippen LogP contribution in [0.1, 0.15) is 11.1 Å². The second kappa shape index (κ2) is 10.5. The number of rotatable bonds is 0. The normalized spacial score (nSPS) is 17.6. The lowest BCUT2D eigenvalue weighted by Gasteiger charge is -2.12. The fraction of sp³-hybridized carbons (Fsp3) is 0.400. The highest BCUT2D eigenvalue weighted by molar-refractivity contribution is 7.99. The number of benzene rings is 2. The molecule has 2 aromatic carbocycles. The van der Waals surface area contributed by atoms with E-state index in [2.05, 4.69) is 47.0 Å². The Morgan fingerprint density at radius 1 is 0.760 bits per heavy atom. The van der Waals surface area contributed by atoms with Crippen LogP contribution in [0.25, 0.3) is 0 Å². The maximum atomic E-state index is 6.02. The van der Waals surface area contributed by atoms with Crippen LogP contribution in [-0.4, -0.2) is 38.7 Å². The van der Waals surface area contributed by atoms with Gasteiger partial charge in [-0.3, -0.25) is 0 Å². The van der Waals surface area contributed by atoms with Gasteiger partial charge in [-0.05, 0) is 17.7 Å². The number of fused-ring (bicyclic) bond motifs is 2. The molecule has 0 radical (unpaired) electrons. The monoisotopic (exact) mass is 358 g/mol. The van der Waals surface area contributed by atoms with E-state index in [0.29, 0.717) is 6.61 Å².